The Kier molecular flexibility index (Phi) is 6.13. The Morgan fingerprint density at radius 1 is 1.15 bits per heavy atom. The van der Waals surface area contributed by atoms with Gasteiger partial charge in [0.25, 0.3) is 5.91 Å². The number of amides is 1. The number of nitrogens with one attached hydrogen (secondary N) is 3. The van der Waals surface area contributed by atoms with Crippen LogP contribution in [0.2, 0.25) is 0 Å². The van der Waals surface area contributed by atoms with Crippen molar-refractivity contribution in [1.82, 2.24) is 14.6 Å². The predicted molar refractivity (Wildman–Crippen MR) is 130 cm³/mol. The van der Waals surface area contributed by atoms with Crippen LogP contribution in [0.15, 0.2) is 47.4 Å². The summed E-state index contributed by atoms with van der Waals surface area (Å²) in [5, 5.41) is 3.75. The van der Waals surface area contributed by atoms with Gasteiger partial charge in [-0.2, -0.15) is 0 Å². The number of H-pyrrole nitrogens is 1. The molecule has 1 amide bonds. The van der Waals surface area contributed by atoms with Crippen LogP contribution in [0.1, 0.15) is 11.3 Å². The fraction of sp³-hybridized carbons (Fsp3) is 0.292. The Labute approximate surface area is 197 Å². The molecule has 10 heteroatoms. The van der Waals surface area contributed by atoms with Gasteiger partial charge in [-0.15, -0.1) is 0 Å². The minimum Gasteiger partial charge on any atom is -0.492 e. The molecule has 3 N–H and O–H groups in total. The number of hydrogen-bond acceptors (Lipinski definition) is 6. The lowest BCUT2D eigenvalue weighted by atomic mass is 10.1. The number of fused-ring (bicyclic) bond motifs is 2. The molecule has 0 spiro atoms. The van der Waals surface area contributed by atoms with Gasteiger partial charge in [-0.3, -0.25) is 9.69 Å². The highest BCUT2D eigenvalue weighted by Gasteiger charge is 2.26. The Bertz CT molecular complexity index is 1370. The molecule has 0 atom stereocenters. The summed E-state index contributed by atoms with van der Waals surface area (Å²) < 4.78 is 38.0. The number of carbonyl (C=O) groups excluding carboxylic acids is 1. The molecule has 9 nitrogen and oxygen atoms in total. The molecule has 2 aliphatic heterocycles. The van der Waals surface area contributed by atoms with Crippen LogP contribution >= 0.6 is 0 Å². The molecule has 1 aromatic heterocycles. The molecule has 5 rings (SSSR count). The van der Waals surface area contributed by atoms with E-state index in [0.717, 1.165) is 55.2 Å². The second-order valence-electron chi connectivity index (χ2n) is 8.20. The zero-order chi connectivity index (χ0) is 23.7. The van der Waals surface area contributed by atoms with Gasteiger partial charge in [-0.1, -0.05) is 0 Å². The van der Waals surface area contributed by atoms with E-state index < -0.39 is 10.0 Å². The van der Waals surface area contributed by atoms with Crippen LogP contribution in [0, 0.1) is 0 Å². The van der Waals surface area contributed by atoms with Crippen molar-refractivity contribution in [3.05, 3.63) is 53.7 Å². The first-order valence-electron chi connectivity index (χ1n) is 11.1. The minimum absolute atomic E-state index is 0.103. The zero-order valence-corrected chi connectivity index (χ0v) is 19.6. The number of anilines is 1. The number of ether oxygens (including phenoxy) is 2. The summed E-state index contributed by atoms with van der Waals surface area (Å²) in [4.78, 5) is 18.3. The molecule has 0 unspecified atom stereocenters. The van der Waals surface area contributed by atoms with Crippen molar-refractivity contribution < 1.29 is 22.7 Å². The maximum atomic E-state index is 12.6. The van der Waals surface area contributed by atoms with Crippen molar-refractivity contribution in [3.8, 4) is 5.75 Å². The molecule has 34 heavy (non-hydrogen) atoms. The van der Waals surface area contributed by atoms with Crippen molar-refractivity contribution in [2.24, 2.45) is 0 Å². The average molecular weight is 483 g/mol. The maximum Gasteiger partial charge on any atom is 0.256 e. The zero-order valence-electron chi connectivity index (χ0n) is 18.8. The molecule has 0 saturated carbocycles. The molecule has 0 radical (unpaired) electrons. The van der Waals surface area contributed by atoms with Crippen LogP contribution in [0.4, 0.5) is 5.69 Å². The third kappa shape index (κ3) is 4.58. The van der Waals surface area contributed by atoms with Crippen molar-refractivity contribution >= 4 is 44.2 Å². The van der Waals surface area contributed by atoms with Crippen LogP contribution in [0.3, 0.4) is 0 Å². The van der Waals surface area contributed by atoms with Gasteiger partial charge in [-0.25, -0.2) is 13.1 Å². The number of benzene rings is 2. The molecular weight excluding hydrogens is 456 g/mol. The van der Waals surface area contributed by atoms with Gasteiger partial charge < -0.3 is 19.8 Å². The fourth-order valence-electron chi connectivity index (χ4n) is 4.17. The Morgan fingerprint density at radius 3 is 2.76 bits per heavy atom. The number of morpholine rings is 1. The molecule has 3 heterocycles. The second-order valence-corrected chi connectivity index (χ2v) is 10.1. The normalized spacial score (nSPS) is 17.8. The molecule has 2 aliphatic rings. The Morgan fingerprint density at radius 2 is 1.97 bits per heavy atom. The van der Waals surface area contributed by atoms with Gasteiger partial charge in [-0.05, 0) is 55.6 Å². The van der Waals surface area contributed by atoms with Crippen LogP contribution in [-0.2, 0) is 19.6 Å². The molecular formula is C24H26N4O5S. The lowest BCUT2D eigenvalue weighted by molar-refractivity contribution is -0.110. The topological polar surface area (TPSA) is 113 Å². The third-order valence-corrected chi connectivity index (χ3v) is 7.46. The first-order valence-corrected chi connectivity index (χ1v) is 12.6. The van der Waals surface area contributed by atoms with E-state index in [4.69, 9.17) is 9.47 Å². The highest BCUT2D eigenvalue weighted by Crippen LogP contribution is 2.35. The molecule has 3 aromatic rings. The number of rotatable bonds is 7. The van der Waals surface area contributed by atoms with E-state index in [-0.39, 0.29) is 10.8 Å². The average Bonchev–Trinajstić information content (AvgIpc) is 3.39. The number of nitrogens with zero attached hydrogens (tertiary/aromatic N) is 1. The predicted octanol–water partition coefficient (Wildman–Crippen LogP) is 2.28. The van der Waals surface area contributed by atoms with Crippen LogP contribution in [-0.4, -0.2) is 70.7 Å². The van der Waals surface area contributed by atoms with Crippen molar-refractivity contribution in [3.63, 3.8) is 0 Å². The minimum atomic E-state index is -3.62. The second kappa shape index (κ2) is 9.22. The molecule has 0 bridgehead atoms. The third-order valence-electron chi connectivity index (χ3n) is 6.05. The summed E-state index contributed by atoms with van der Waals surface area (Å²) in [6.07, 6.45) is 1.73. The largest absolute Gasteiger partial charge is 0.492 e. The first kappa shape index (κ1) is 22.6. The summed E-state index contributed by atoms with van der Waals surface area (Å²) in [7, 11) is -2.27. The highest BCUT2D eigenvalue weighted by molar-refractivity contribution is 7.89. The Hall–Kier alpha value is -3.18. The highest BCUT2D eigenvalue weighted by atomic mass is 32.2. The van der Waals surface area contributed by atoms with E-state index in [1.54, 1.807) is 12.1 Å². The van der Waals surface area contributed by atoms with Gasteiger partial charge >= 0.3 is 0 Å². The first-order chi connectivity index (χ1) is 16.4. The number of carbonyl (C=O) groups is 1. The van der Waals surface area contributed by atoms with Crippen molar-refractivity contribution in [2.75, 3.05) is 51.8 Å². The Balaban J connectivity index is 1.36. The van der Waals surface area contributed by atoms with E-state index in [1.165, 1.54) is 19.2 Å². The van der Waals surface area contributed by atoms with Gasteiger partial charge in [0, 0.05) is 47.5 Å². The number of sulfonamides is 1. The molecule has 178 valence electrons. The van der Waals surface area contributed by atoms with E-state index in [9.17, 15) is 13.2 Å². The van der Waals surface area contributed by atoms with E-state index in [0.29, 0.717) is 23.4 Å². The van der Waals surface area contributed by atoms with Gasteiger partial charge in [0.2, 0.25) is 10.0 Å². The number of aromatic amines is 1. The molecule has 1 saturated heterocycles. The standard InChI is InChI=1S/C24H26N4O5S/c1-25-34(30,31)19-3-5-23-20(15-19)21(24(29)27-23)14-17-12-16-13-18(2-4-22(16)26-17)33-11-8-28-6-9-32-10-7-28/h2-5,12-15,25-26H,6-11H2,1H3,(H,27,29)/b21-14+. The lowest BCUT2D eigenvalue weighted by Gasteiger charge is -2.26. The number of hydrogen-bond donors (Lipinski definition) is 3. The van der Waals surface area contributed by atoms with Gasteiger partial charge in [0.05, 0.1) is 23.7 Å². The summed E-state index contributed by atoms with van der Waals surface area (Å²) >= 11 is 0. The molecule has 2 aromatic carbocycles. The molecule has 0 aliphatic carbocycles. The van der Waals surface area contributed by atoms with E-state index in [1.807, 2.05) is 24.3 Å². The summed E-state index contributed by atoms with van der Waals surface area (Å²) in [5.74, 6) is 0.504. The molecule has 1 fully saturated rings. The summed E-state index contributed by atoms with van der Waals surface area (Å²) in [6, 6.07) is 12.3. The van der Waals surface area contributed by atoms with E-state index >= 15 is 0 Å². The van der Waals surface area contributed by atoms with Crippen molar-refractivity contribution in [2.45, 2.75) is 4.90 Å². The van der Waals surface area contributed by atoms with Crippen molar-refractivity contribution in [1.29, 1.82) is 0 Å². The number of aromatic nitrogens is 1. The van der Waals surface area contributed by atoms with Gasteiger partial charge in [0.1, 0.15) is 12.4 Å². The summed E-state index contributed by atoms with van der Waals surface area (Å²) in [5.41, 5.74) is 3.18. The monoisotopic (exact) mass is 482 g/mol. The van der Waals surface area contributed by atoms with Crippen LogP contribution < -0.4 is 14.8 Å². The lowest BCUT2D eigenvalue weighted by Crippen LogP contribution is -2.38. The fourth-order valence-corrected chi connectivity index (χ4v) is 4.92. The van der Waals surface area contributed by atoms with Crippen LogP contribution in [0.25, 0.3) is 22.6 Å². The quantitative estimate of drug-likeness (QED) is 0.446. The van der Waals surface area contributed by atoms with Gasteiger partial charge in [0.15, 0.2) is 0 Å². The SMILES string of the molecule is CNS(=O)(=O)c1ccc2c(c1)/C(=C\c1cc3cc(OCCN4CCOCC4)ccc3[nH]1)C(=O)N2. The maximum absolute atomic E-state index is 12.6. The van der Waals surface area contributed by atoms with Crippen LogP contribution in [0.5, 0.6) is 5.75 Å². The summed E-state index contributed by atoms with van der Waals surface area (Å²) in [6.45, 7) is 4.84. The van der Waals surface area contributed by atoms with E-state index in [2.05, 4.69) is 19.9 Å². The smallest absolute Gasteiger partial charge is 0.256 e.